The Hall–Kier alpha value is -3.10. The predicted molar refractivity (Wildman–Crippen MR) is 68.8 cm³/mol. The Morgan fingerprint density at radius 2 is 1.81 bits per heavy atom. The zero-order valence-corrected chi connectivity index (χ0v) is 10.6. The summed E-state index contributed by atoms with van der Waals surface area (Å²) in [5.41, 5.74) is -0.165. The Balaban J connectivity index is 2.09. The Morgan fingerprint density at radius 3 is 2.33 bits per heavy atom. The van der Waals surface area contributed by atoms with Crippen LogP contribution in [0.3, 0.4) is 0 Å². The van der Waals surface area contributed by atoms with Gasteiger partial charge in [-0.25, -0.2) is 9.59 Å². The van der Waals surface area contributed by atoms with Crippen LogP contribution in [-0.4, -0.2) is 52.0 Å². The number of phenols is 1. The highest BCUT2D eigenvalue weighted by Crippen LogP contribution is 2.22. The van der Waals surface area contributed by atoms with Gasteiger partial charge < -0.3 is 20.4 Å². The first-order valence-corrected chi connectivity index (χ1v) is 5.81. The Labute approximate surface area is 118 Å². The SMILES string of the molecule is O=C1CN(C(=O)Nc2ccc(C(=O)O)c(O)c2)CC(=O)N1. The maximum atomic E-state index is 11.9. The zero-order chi connectivity index (χ0) is 15.6. The standard InChI is InChI=1S/C12H11N3O6/c16-8-3-6(1-2-7(8)11(19)20)13-12(21)15-4-9(17)14-10(18)5-15/h1-3,16H,4-5H2,(H,13,21)(H,19,20)(H,14,17,18). The van der Waals surface area contributed by atoms with Gasteiger partial charge in [0.2, 0.25) is 11.8 Å². The van der Waals surface area contributed by atoms with Crippen LogP contribution in [0, 0.1) is 0 Å². The number of aromatic carboxylic acids is 1. The summed E-state index contributed by atoms with van der Waals surface area (Å²) in [6, 6.07) is 2.77. The molecule has 1 fully saturated rings. The Kier molecular flexibility index (Phi) is 3.74. The van der Waals surface area contributed by atoms with Gasteiger partial charge in [-0.1, -0.05) is 0 Å². The summed E-state index contributed by atoms with van der Waals surface area (Å²) in [6.07, 6.45) is 0. The van der Waals surface area contributed by atoms with Gasteiger partial charge >= 0.3 is 12.0 Å². The number of imide groups is 1. The van der Waals surface area contributed by atoms with Gasteiger partial charge in [0.25, 0.3) is 0 Å². The molecule has 1 saturated heterocycles. The molecule has 0 bridgehead atoms. The van der Waals surface area contributed by atoms with Gasteiger partial charge in [-0.2, -0.15) is 0 Å². The van der Waals surface area contributed by atoms with Crippen LogP contribution in [0.25, 0.3) is 0 Å². The van der Waals surface area contributed by atoms with E-state index in [2.05, 4.69) is 10.6 Å². The molecule has 1 heterocycles. The lowest BCUT2D eigenvalue weighted by Crippen LogP contribution is -2.54. The van der Waals surface area contributed by atoms with Crippen molar-refractivity contribution in [2.45, 2.75) is 0 Å². The molecule has 21 heavy (non-hydrogen) atoms. The molecule has 4 amide bonds. The normalized spacial score (nSPS) is 14.6. The van der Waals surface area contributed by atoms with Gasteiger partial charge in [0.05, 0.1) is 0 Å². The van der Waals surface area contributed by atoms with E-state index in [1.165, 1.54) is 6.07 Å². The Morgan fingerprint density at radius 1 is 1.19 bits per heavy atom. The number of urea groups is 1. The summed E-state index contributed by atoms with van der Waals surface area (Å²) < 4.78 is 0. The molecular weight excluding hydrogens is 282 g/mol. The first-order valence-electron chi connectivity index (χ1n) is 5.81. The molecule has 2 rings (SSSR count). The molecule has 1 aromatic rings. The minimum atomic E-state index is -1.30. The van der Waals surface area contributed by atoms with Crippen molar-refractivity contribution in [3.63, 3.8) is 0 Å². The fourth-order valence-electron chi connectivity index (χ4n) is 1.77. The highest BCUT2D eigenvalue weighted by Gasteiger charge is 2.26. The van der Waals surface area contributed by atoms with Crippen molar-refractivity contribution in [1.29, 1.82) is 0 Å². The highest BCUT2D eigenvalue weighted by atomic mass is 16.4. The maximum absolute atomic E-state index is 11.9. The number of carbonyl (C=O) groups excluding carboxylic acids is 3. The molecule has 0 spiro atoms. The lowest BCUT2D eigenvalue weighted by molar-refractivity contribution is -0.134. The van der Waals surface area contributed by atoms with E-state index in [1.807, 2.05) is 0 Å². The summed E-state index contributed by atoms with van der Waals surface area (Å²) in [5.74, 6) is -2.99. The van der Waals surface area contributed by atoms with Crippen molar-refractivity contribution in [3.05, 3.63) is 23.8 Å². The van der Waals surface area contributed by atoms with E-state index in [0.29, 0.717) is 0 Å². The molecule has 9 heteroatoms. The topological polar surface area (TPSA) is 136 Å². The number of benzene rings is 1. The zero-order valence-electron chi connectivity index (χ0n) is 10.6. The molecule has 4 N–H and O–H groups in total. The number of carboxylic acids is 1. The lowest BCUT2D eigenvalue weighted by Gasteiger charge is -2.25. The van der Waals surface area contributed by atoms with Gasteiger partial charge in [0.1, 0.15) is 24.4 Å². The molecule has 0 aliphatic carbocycles. The summed E-state index contributed by atoms with van der Waals surface area (Å²) in [6.45, 7) is -0.534. The second-order valence-corrected chi connectivity index (χ2v) is 4.29. The number of carboxylic acid groups (broad SMARTS) is 1. The Bertz CT molecular complexity index is 626. The number of nitrogens with zero attached hydrogens (tertiary/aromatic N) is 1. The minimum absolute atomic E-state index is 0.140. The fraction of sp³-hybridized carbons (Fsp3) is 0.167. The number of hydrogen-bond donors (Lipinski definition) is 4. The largest absolute Gasteiger partial charge is 0.507 e. The number of aromatic hydroxyl groups is 1. The number of nitrogens with one attached hydrogen (secondary N) is 2. The molecular formula is C12H11N3O6. The maximum Gasteiger partial charge on any atom is 0.339 e. The number of piperazine rings is 1. The molecule has 0 atom stereocenters. The summed E-state index contributed by atoms with van der Waals surface area (Å²) in [5, 5.41) is 22.7. The molecule has 1 aromatic carbocycles. The van der Waals surface area contributed by atoms with Crippen LogP contribution in [-0.2, 0) is 9.59 Å². The van der Waals surface area contributed by atoms with E-state index in [9.17, 15) is 24.3 Å². The third kappa shape index (κ3) is 3.26. The second kappa shape index (κ2) is 5.49. The summed E-state index contributed by atoms with van der Waals surface area (Å²) >= 11 is 0. The average Bonchev–Trinajstić information content (AvgIpc) is 2.37. The molecule has 110 valence electrons. The van der Waals surface area contributed by atoms with Crippen LogP contribution in [0.2, 0.25) is 0 Å². The number of hydrogen-bond acceptors (Lipinski definition) is 5. The van der Waals surface area contributed by atoms with Crippen molar-refractivity contribution in [3.8, 4) is 5.75 Å². The molecule has 9 nitrogen and oxygen atoms in total. The van der Waals surface area contributed by atoms with Gasteiger partial charge in [-0.3, -0.25) is 14.9 Å². The number of amides is 4. The number of carbonyl (C=O) groups is 4. The molecule has 0 radical (unpaired) electrons. The van der Waals surface area contributed by atoms with E-state index in [0.717, 1.165) is 17.0 Å². The van der Waals surface area contributed by atoms with Crippen molar-refractivity contribution < 1.29 is 29.4 Å². The van der Waals surface area contributed by atoms with Gasteiger partial charge in [-0.05, 0) is 12.1 Å². The van der Waals surface area contributed by atoms with Crippen LogP contribution < -0.4 is 10.6 Å². The third-order valence-corrected chi connectivity index (χ3v) is 2.71. The minimum Gasteiger partial charge on any atom is -0.507 e. The van der Waals surface area contributed by atoms with Crippen molar-refractivity contribution in [2.75, 3.05) is 18.4 Å². The van der Waals surface area contributed by atoms with E-state index < -0.39 is 29.6 Å². The molecule has 1 aliphatic rings. The average molecular weight is 293 g/mol. The highest BCUT2D eigenvalue weighted by molar-refractivity contribution is 6.04. The number of anilines is 1. The van der Waals surface area contributed by atoms with Gasteiger partial charge in [0.15, 0.2) is 0 Å². The van der Waals surface area contributed by atoms with Gasteiger partial charge in [-0.15, -0.1) is 0 Å². The molecule has 0 aromatic heterocycles. The van der Waals surface area contributed by atoms with E-state index in [4.69, 9.17) is 5.11 Å². The number of rotatable bonds is 2. The van der Waals surface area contributed by atoms with E-state index in [-0.39, 0.29) is 24.3 Å². The first-order chi connectivity index (χ1) is 9.86. The van der Waals surface area contributed by atoms with Crippen LogP contribution in [0.1, 0.15) is 10.4 Å². The predicted octanol–water partition coefficient (Wildman–Crippen LogP) is -0.419. The first kappa shape index (κ1) is 14.3. The molecule has 1 aliphatic heterocycles. The van der Waals surface area contributed by atoms with Crippen LogP contribution >= 0.6 is 0 Å². The quantitative estimate of drug-likeness (QED) is 0.547. The smallest absolute Gasteiger partial charge is 0.339 e. The second-order valence-electron chi connectivity index (χ2n) is 4.29. The monoisotopic (exact) mass is 293 g/mol. The van der Waals surface area contributed by atoms with E-state index >= 15 is 0 Å². The molecule has 0 saturated carbocycles. The van der Waals surface area contributed by atoms with E-state index in [1.54, 1.807) is 0 Å². The summed E-state index contributed by atoms with van der Waals surface area (Å²) in [7, 11) is 0. The van der Waals surface area contributed by atoms with Crippen LogP contribution in [0.4, 0.5) is 10.5 Å². The van der Waals surface area contributed by atoms with Crippen LogP contribution in [0.15, 0.2) is 18.2 Å². The van der Waals surface area contributed by atoms with Crippen molar-refractivity contribution in [2.24, 2.45) is 0 Å². The van der Waals surface area contributed by atoms with Gasteiger partial charge in [0, 0.05) is 11.8 Å². The van der Waals surface area contributed by atoms with Crippen molar-refractivity contribution >= 4 is 29.5 Å². The molecule has 0 unspecified atom stereocenters. The lowest BCUT2D eigenvalue weighted by atomic mass is 10.2. The van der Waals surface area contributed by atoms with Crippen LogP contribution in [0.5, 0.6) is 5.75 Å². The fourth-order valence-corrected chi connectivity index (χ4v) is 1.77. The van der Waals surface area contributed by atoms with Crippen molar-refractivity contribution in [1.82, 2.24) is 10.2 Å². The third-order valence-electron chi connectivity index (χ3n) is 2.71. The summed E-state index contributed by atoms with van der Waals surface area (Å²) in [4.78, 5) is 45.9.